The third-order valence-corrected chi connectivity index (χ3v) is 5.55. The fourth-order valence-corrected chi connectivity index (χ4v) is 4.74. The van der Waals surface area contributed by atoms with Crippen LogP contribution >= 0.6 is 11.8 Å². The van der Waals surface area contributed by atoms with Crippen molar-refractivity contribution in [1.82, 2.24) is 0 Å². The van der Waals surface area contributed by atoms with Crippen molar-refractivity contribution in [1.29, 1.82) is 0 Å². The smallest absolute Gasteiger partial charge is 0.0708 e. The molecule has 0 radical (unpaired) electrons. The Kier molecular flexibility index (Phi) is 2.49. The van der Waals surface area contributed by atoms with Gasteiger partial charge in [0.1, 0.15) is 0 Å². The second-order valence-electron chi connectivity index (χ2n) is 3.64. The SMILES string of the molecule is CC(C)=C1SC(C)(C)CS1=O. The van der Waals surface area contributed by atoms with Gasteiger partial charge >= 0.3 is 0 Å². The predicted molar refractivity (Wildman–Crippen MR) is 53.1 cm³/mol. The largest absolute Gasteiger partial charge is 0.254 e. The molecule has 0 amide bonds. The molecule has 0 aliphatic carbocycles. The lowest BCUT2D eigenvalue weighted by Gasteiger charge is -2.11. The Morgan fingerprint density at radius 3 is 2.27 bits per heavy atom. The first-order valence-electron chi connectivity index (χ1n) is 3.67. The summed E-state index contributed by atoms with van der Waals surface area (Å²) in [6.45, 7) is 8.35. The monoisotopic (exact) mass is 190 g/mol. The molecule has 1 fully saturated rings. The van der Waals surface area contributed by atoms with E-state index in [1.807, 2.05) is 13.8 Å². The van der Waals surface area contributed by atoms with Crippen LogP contribution in [0.5, 0.6) is 0 Å². The van der Waals surface area contributed by atoms with E-state index in [1.54, 1.807) is 11.8 Å². The van der Waals surface area contributed by atoms with Gasteiger partial charge in [-0.25, -0.2) is 0 Å². The number of allylic oxidation sites excluding steroid dienone is 1. The molecular weight excluding hydrogens is 176 g/mol. The second-order valence-corrected chi connectivity index (χ2v) is 7.00. The molecule has 1 nitrogen and oxygen atoms in total. The molecule has 1 atom stereocenters. The van der Waals surface area contributed by atoms with Crippen molar-refractivity contribution in [3.8, 4) is 0 Å². The van der Waals surface area contributed by atoms with Crippen molar-refractivity contribution < 1.29 is 4.21 Å². The first-order valence-corrected chi connectivity index (χ1v) is 5.81. The lowest BCUT2D eigenvalue weighted by Crippen LogP contribution is -2.15. The number of hydrogen-bond acceptors (Lipinski definition) is 2. The summed E-state index contributed by atoms with van der Waals surface area (Å²) in [5, 5.41) is 0. The summed E-state index contributed by atoms with van der Waals surface area (Å²) >= 11 is 1.76. The minimum Gasteiger partial charge on any atom is -0.254 e. The Labute approximate surface area is 75.1 Å². The van der Waals surface area contributed by atoms with Crippen LogP contribution < -0.4 is 0 Å². The zero-order valence-electron chi connectivity index (χ0n) is 7.43. The van der Waals surface area contributed by atoms with Crippen LogP contribution in [0.4, 0.5) is 0 Å². The molecule has 1 rings (SSSR count). The summed E-state index contributed by atoms with van der Waals surface area (Å²) < 4.78 is 12.7. The van der Waals surface area contributed by atoms with Crippen LogP contribution in [0.15, 0.2) is 9.81 Å². The fraction of sp³-hybridized carbons (Fsp3) is 0.750. The standard InChI is InChI=1S/C8H14OS2/c1-6(2)7-10-8(3,4)5-11(7)9/h5H2,1-4H3. The van der Waals surface area contributed by atoms with E-state index in [4.69, 9.17) is 0 Å². The number of hydrogen-bond donors (Lipinski definition) is 0. The molecule has 0 bridgehead atoms. The van der Waals surface area contributed by atoms with Crippen molar-refractivity contribution in [2.24, 2.45) is 0 Å². The molecule has 0 spiro atoms. The van der Waals surface area contributed by atoms with Gasteiger partial charge in [0.15, 0.2) is 0 Å². The van der Waals surface area contributed by atoms with E-state index in [9.17, 15) is 4.21 Å². The molecule has 1 aliphatic heterocycles. The summed E-state index contributed by atoms with van der Waals surface area (Å²) in [6, 6.07) is 0. The van der Waals surface area contributed by atoms with Gasteiger partial charge in [0.2, 0.25) is 0 Å². The van der Waals surface area contributed by atoms with Crippen LogP contribution in [0.3, 0.4) is 0 Å². The average molecular weight is 190 g/mol. The third kappa shape index (κ3) is 2.09. The summed E-state index contributed by atoms with van der Waals surface area (Å²) in [4.78, 5) is 0. The minimum absolute atomic E-state index is 0.178. The van der Waals surface area contributed by atoms with E-state index in [0.29, 0.717) is 0 Å². The van der Waals surface area contributed by atoms with Gasteiger partial charge in [0.05, 0.1) is 15.0 Å². The first-order chi connectivity index (χ1) is 4.92. The Morgan fingerprint density at radius 1 is 1.55 bits per heavy atom. The van der Waals surface area contributed by atoms with Gasteiger partial charge in [0, 0.05) is 10.5 Å². The van der Waals surface area contributed by atoms with Crippen molar-refractivity contribution in [2.45, 2.75) is 32.4 Å². The third-order valence-electron chi connectivity index (χ3n) is 1.46. The minimum atomic E-state index is -0.718. The molecule has 0 aromatic rings. The van der Waals surface area contributed by atoms with Crippen molar-refractivity contribution in [3.63, 3.8) is 0 Å². The van der Waals surface area contributed by atoms with E-state index in [-0.39, 0.29) is 4.75 Å². The van der Waals surface area contributed by atoms with Gasteiger partial charge in [-0.15, -0.1) is 11.8 Å². The molecule has 0 aromatic carbocycles. The molecule has 64 valence electrons. The van der Waals surface area contributed by atoms with Crippen molar-refractivity contribution in [3.05, 3.63) is 9.81 Å². The quantitative estimate of drug-likeness (QED) is 0.584. The van der Waals surface area contributed by atoms with Gasteiger partial charge in [-0.1, -0.05) is 5.57 Å². The summed E-state index contributed by atoms with van der Waals surface area (Å²) in [6.07, 6.45) is 0. The van der Waals surface area contributed by atoms with Crippen LogP contribution in [-0.2, 0) is 10.8 Å². The Balaban J connectivity index is 2.92. The van der Waals surface area contributed by atoms with E-state index >= 15 is 0 Å². The highest BCUT2D eigenvalue weighted by atomic mass is 32.2. The van der Waals surface area contributed by atoms with Crippen molar-refractivity contribution in [2.75, 3.05) is 5.75 Å². The Hall–Kier alpha value is 0.240. The van der Waals surface area contributed by atoms with E-state index in [0.717, 1.165) is 9.99 Å². The fourth-order valence-electron chi connectivity index (χ4n) is 1.04. The summed E-state index contributed by atoms with van der Waals surface area (Å²) in [5.74, 6) is 0.804. The highest BCUT2D eigenvalue weighted by molar-refractivity contribution is 8.20. The second kappa shape index (κ2) is 2.94. The maximum Gasteiger partial charge on any atom is 0.0708 e. The average Bonchev–Trinajstić information content (AvgIpc) is 2.05. The molecule has 0 saturated carbocycles. The maximum atomic E-state index is 11.5. The van der Waals surface area contributed by atoms with Crippen molar-refractivity contribution >= 4 is 22.6 Å². The van der Waals surface area contributed by atoms with Crippen LogP contribution in [-0.4, -0.2) is 14.7 Å². The lowest BCUT2D eigenvalue weighted by atomic mass is 10.2. The summed E-state index contributed by atoms with van der Waals surface area (Å²) in [7, 11) is -0.718. The first kappa shape index (κ1) is 9.33. The molecule has 1 heterocycles. The van der Waals surface area contributed by atoms with Gasteiger partial charge in [0.25, 0.3) is 0 Å². The molecule has 1 saturated heterocycles. The summed E-state index contributed by atoms with van der Waals surface area (Å²) in [5.41, 5.74) is 1.21. The Morgan fingerprint density at radius 2 is 2.09 bits per heavy atom. The predicted octanol–water partition coefficient (Wildman–Crippen LogP) is 2.51. The highest BCUT2D eigenvalue weighted by Crippen LogP contribution is 2.43. The van der Waals surface area contributed by atoms with Gasteiger partial charge < -0.3 is 0 Å². The Bertz CT molecular complexity index is 224. The van der Waals surface area contributed by atoms with E-state index in [2.05, 4.69) is 13.8 Å². The van der Waals surface area contributed by atoms with Gasteiger partial charge in [-0.05, 0) is 27.7 Å². The van der Waals surface area contributed by atoms with E-state index < -0.39 is 10.8 Å². The highest BCUT2D eigenvalue weighted by Gasteiger charge is 2.34. The zero-order valence-corrected chi connectivity index (χ0v) is 9.06. The van der Waals surface area contributed by atoms with E-state index in [1.165, 1.54) is 5.57 Å². The zero-order chi connectivity index (χ0) is 8.65. The molecule has 1 unspecified atom stereocenters. The van der Waals surface area contributed by atoms with Crippen LogP contribution in [0.2, 0.25) is 0 Å². The van der Waals surface area contributed by atoms with Crippen LogP contribution in [0.25, 0.3) is 0 Å². The molecule has 11 heavy (non-hydrogen) atoms. The lowest BCUT2D eigenvalue weighted by molar-refractivity contribution is 0.682. The molecule has 1 aliphatic rings. The normalized spacial score (nSPS) is 29.1. The van der Waals surface area contributed by atoms with Crippen LogP contribution in [0.1, 0.15) is 27.7 Å². The molecule has 3 heteroatoms. The number of rotatable bonds is 0. The molecular formula is C8H14OS2. The maximum absolute atomic E-state index is 11.5. The number of thioether (sulfide) groups is 1. The molecule has 0 N–H and O–H groups in total. The van der Waals surface area contributed by atoms with Gasteiger partial charge in [-0.2, -0.15) is 0 Å². The van der Waals surface area contributed by atoms with Gasteiger partial charge in [-0.3, -0.25) is 4.21 Å². The topological polar surface area (TPSA) is 17.1 Å². The van der Waals surface area contributed by atoms with Crippen LogP contribution in [0, 0.1) is 0 Å². The molecule has 0 aromatic heterocycles.